The lowest BCUT2D eigenvalue weighted by molar-refractivity contribution is 0.0459. The van der Waals surface area contributed by atoms with E-state index in [9.17, 15) is 22.0 Å². The van der Waals surface area contributed by atoms with E-state index in [4.69, 9.17) is 0 Å². The lowest BCUT2D eigenvalue weighted by atomic mass is 10.1. The highest BCUT2D eigenvalue weighted by atomic mass is 32.2. The molecular weight excluding hydrogens is 450 g/mol. The summed E-state index contributed by atoms with van der Waals surface area (Å²) in [5.41, 5.74) is 1.02. The summed E-state index contributed by atoms with van der Waals surface area (Å²) in [6.45, 7) is 3.83. The van der Waals surface area contributed by atoms with Crippen molar-refractivity contribution in [2.75, 3.05) is 63.8 Å². The van der Waals surface area contributed by atoms with Crippen LogP contribution >= 0.6 is 0 Å². The summed E-state index contributed by atoms with van der Waals surface area (Å²) >= 11 is 0. The van der Waals surface area contributed by atoms with Gasteiger partial charge in [-0.15, -0.1) is 0 Å². The molecule has 0 saturated carbocycles. The molecule has 0 N–H and O–H groups in total. The first-order valence-electron chi connectivity index (χ1n) is 12.1. The van der Waals surface area contributed by atoms with Crippen LogP contribution in [0.5, 0.6) is 0 Å². The second-order valence-electron chi connectivity index (χ2n) is 9.18. The molecule has 1 aromatic carbocycles. The molecule has 0 unspecified atom stereocenters. The summed E-state index contributed by atoms with van der Waals surface area (Å²) in [4.78, 5) is 18.8. The topological polar surface area (TPSA) is 64.2 Å². The number of carbonyl (C=O) groups is 1. The van der Waals surface area contributed by atoms with Crippen LogP contribution in [0.4, 0.5) is 14.5 Å². The summed E-state index contributed by atoms with van der Waals surface area (Å²) in [6.07, 6.45) is 3.51. The summed E-state index contributed by atoms with van der Waals surface area (Å²) in [6, 6.07) is 5.04. The van der Waals surface area contributed by atoms with Gasteiger partial charge in [0.15, 0.2) is 0 Å². The second-order valence-corrected chi connectivity index (χ2v) is 11.1. The van der Waals surface area contributed by atoms with E-state index in [-0.39, 0.29) is 17.3 Å². The van der Waals surface area contributed by atoms with Gasteiger partial charge in [-0.3, -0.25) is 9.69 Å². The Balaban J connectivity index is 1.59. The van der Waals surface area contributed by atoms with E-state index in [1.165, 1.54) is 0 Å². The first kappa shape index (κ1) is 24.3. The van der Waals surface area contributed by atoms with Crippen molar-refractivity contribution in [3.05, 3.63) is 23.8 Å². The molecule has 0 spiro atoms. The molecule has 10 heteroatoms. The molecule has 0 bridgehead atoms. The number of alkyl halides is 2. The number of carbonyl (C=O) groups excluding carboxylic acids is 1. The molecule has 3 saturated heterocycles. The second kappa shape index (κ2) is 10.7. The average molecular weight is 485 g/mol. The monoisotopic (exact) mass is 484 g/mol. The van der Waals surface area contributed by atoms with Crippen molar-refractivity contribution >= 4 is 21.6 Å². The van der Waals surface area contributed by atoms with Crippen molar-refractivity contribution < 1.29 is 22.0 Å². The number of hydrogen-bond acceptors (Lipinski definition) is 5. The highest BCUT2D eigenvalue weighted by molar-refractivity contribution is 7.89. The third kappa shape index (κ3) is 5.66. The first-order valence-corrected chi connectivity index (χ1v) is 13.5. The van der Waals surface area contributed by atoms with Gasteiger partial charge >= 0.3 is 0 Å². The standard InChI is InChI=1S/C23H34F2N4O3S/c24-22(25)18-26-13-15-28(16-14-26)23(30)19-7-8-20(27-9-3-1-4-10-27)21(17-19)33(31,32)29-11-5-2-6-12-29/h7-8,17,22H,1-6,9-16,18H2. The molecule has 1 amide bonds. The minimum absolute atomic E-state index is 0.216. The first-order chi connectivity index (χ1) is 15.9. The zero-order valence-corrected chi connectivity index (χ0v) is 19.9. The van der Waals surface area contributed by atoms with Crippen LogP contribution in [0.3, 0.4) is 0 Å². The minimum atomic E-state index is -3.72. The Labute approximate surface area is 195 Å². The fraction of sp³-hybridized carbons (Fsp3) is 0.696. The molecule has 1 aromatic rings. The molecule has 0 radical (unpaired) electrons. The number of anilines is 1. The molecule has 3 fully saturated rings. The molecule has 0 aromatic heterocycles. The summed E-state index contributed by atoms with van der Waals surface area (Å²) in [5, 5.41) is 0. The van der Waals surface area contributed by atoms with Crippen molar-refractivity contribution in [2.24, 2.45) is 0 Å². The van der Waals surface area contributed by atoms with Gasteiger partial charge < -0.3 is 9.80 Å². The Bertz CT molecular complexity index is 924. The molecule has 4 rings (SSSR count). The average Bonchev–Trinajstić information content (AvgIpc) is 2.84. The Morgan fingerprint density at radius 2 is 1.45 bits per heavy atom. The van der Waals surface area contributed by atoms with Crippen molar-refractivity contribution in [2.45, 2.75) is 49.8 Å². The highest BCUT2D eigenvalue weighted by Crippen LogP contribution is 2.32. The van der Waals surface area contributed by atoms with Gasteiger partial charge in [-0.1, -0.05) is 6.42 Å². The number of hydrogen-bond donors (Lipinski definition) is 0. The predicted molar refractivity (Wildman–Crippen MR) is 123 cm³/mol. The van der Waals surface area contributed by atoms with E-state index in [0.717, 1.165) is 51.6 Å². The van der Waals surface area contributed by atoms with Crippen molar-refractivity contribution in [3.8, 4) is 0 Å². The Morgan fingerprint density at radius 1 is 0.848 bits per heavy atom. The van der Waals surface area contributed by atoms with Gasteiger partial charge in [-0.2, -0.15) is 4.31 Å². The van der Waals surface area contributed by atoms with Crippen LogP contribution in [0.1, 0.15) is 48.9 Å². The minimum Gasteiger partial charge on any atom is -0.370 e. The van der Waals surface area contributed by atoms with Gasteiger partial charge in [-0.05, 0) is 50.3 Å². The Morgan fingerprint density at radius 3 is 2.06 bits per heavy atom. The number of benzene rings is 1. The van der Waals surface area contributed by atoms with Crippen LogP contribution in [-0.2, 0) is 10.0 Å². The quantitative estimate of drug-likeness (QED) is 0.621. The van der Waals surface area contributed by atoms with Crippen molar-refractivity contribution in [3.63, 3.8) is 0 Å². The van der Waals surface area contributed by atoms with Gasteiger partial charge in [-0.25, -0.2) is 17.2 Å². The molecule has 33 heavy (non-hydrogen) atoms. The molecule has 0 atom stereocenters. The highest BCUT2D eigenvalue weighted by Gasteiger charge is 2.32. The van der Waals surface area contributed by atoms with E-state index < -0.39 is 16.4 Å². The molecule has 184 valence electrons. The molecule has 3 heterocycles. The predicted octanol–water partition coefficient (Wildman–Crippen LogP) is 2.87. The third-order valence-corrected chi connectivity index (χ3v) is 8.82. The van der Waals surface area contributed by atoms with Crippen LogP contribution in [0.25, 0.3) is 0 Å². The fourth-order valence-corrected chi connectivity index (χ4v) is 6.76. The largest absolute Gasteiger partial charge is 0.370 e. The Hall–Kier alpha value is -1.78. The molecular formula is C23H34F2N4O3S. The molecule has 7 nitrogen and oxygen atoms in total. The van der Waals surface area contributed by atoms with Gasteiger partial charge in [0, 0.05) is 57.9 Å². The van der Waals surface area contributed by atoms with Gasteiger partial charge in [0.2, 0.25) is 10.0 Å². The summed E-state index contributed by atoms with van der Waals surface area (Å²) < 4.78 is 54.1. The number of sulfonamides is 1. The smallest absolute Gasteiger partial charge is 0.253 e. The number of amides is 1. The maximum absolute atomic E-state index is 13.6. The Kier molecular flexibility index (Phi) is 7.86. The summed E-state index contributed by atoms with van der Waals surface area (Å²) in [5.74, 6) is -0.244. The van der Waals surface area contributed by atoms with Crippen molar-refractivity contribution in [1.82, 2.24) is 14.1 Å². The number of halogens is 2. The lowest BCUT2D eigenvalue weighted by Gasteiger charge is -2.35. The van der Waals surface area contributed by atoms with E-state index in [0.29, 0.717) is 50.5 Å². The molecule has 3 aliphatic rings. The van der Waals surface area contributed by atoms with Crippen LogP contribution in [-0.4, -0.2) is 93.8 Å². The maximum Gasteiger partial charge on any atom is 0.253 e. The van der Waals surface area contributed by atoms with Gasteiger partial charge in [0.05, 0.1) is 12.2 Å². The zero-order chi connectivity index (χ0) is 23.4. The van der Waals surface area contributed by atoms with E-state index in [1.54, 1.807) is 32.3 Å². The zero-order valence-electron chi connectivity index (χ0n) is 19.1. The summed E-state index contributed by atoms with van der Waals surface area (Å²) in [7, 11) is -3.72. The van der Waals surface area contributed by atoms with Gasteiger partial charge in [0.25, 0.3) is 12.3 Å². The van der Waals surface area contributed by atoms with Crippen LogP contribution < -0.4 is 4.90 Å². The van der Waals surface area contributed by atoms with Crippen LogP contribution in [0, 0.1) is 0 Å². The van der Waals surface area contributed by atoms with Crippen LogP contribution in [0.15, 0.2) is 23.1 Å². The third-order valence-electron chi connectivity index (χ3n) is 6.89. The number of nitrogens with zero attached hydrogens (tertiary/aromatic N) is 4. The van der Waals surface area contributed by atoms with E-state index in [2.05, 4.69) is 4.90 Å². The lowest BCUT2D eigenvalue weighted by Crippen LogP contribution is -2.49. The SMILES string of the molecule is O=C(c1ccc(N2CCCCC2)c(S(=O)(=O)N2CCCCC2)c1)N1CCN(CC(F)F)CC1. The molecule has 3 aliphatic heterocycles. The van der Waals surface area contributed by atoms with Gasteiger partial charge in [0.1, 0.15) is 4.90 Å². The van der Waals surface area contributed by atoms with Crippen molar-refractivity contribution in [1.29, 1.82) is 0 Å². The van der Waals surface area contributed by atoms with E-state index >= 15 is 0 Å². The number of piperidine rings is 2. The number of rotatable bonds is 6. The normalized spacial score (nSPS) is 21.5. The number of piperazine rings is 1. The van der Waals surface area contributed by atoms with Crippen LogP contribution in [0.2, 0.25) is 0 Å². The molecule has 0 aliphatic carbocycles. The fourth-order valence-electron chi connectivity index (χ4n) is 5.01. The maximum atomic E-state index is 13.6. The van der Waals surface area contributed by atoms with E-state index in [1.807, 2.05) is 0 Å².